The standard InChI is InChI=1S/C6H12N2O2S/c1-8-5(6(7)10)4-11-3-2-9/h2,5,8H,3-4H2,1H3,(H2,7,10). The summed E-state index contributed by atoms with van der Waals surface area (Å²) < 4.78 is 0. The summed E-state index contributed by atoms with van der Waals surface area (Å²) in [6, 6.07) is -0.333. The number of hydrogen-bond acceptors (Lipinski definition) is 4. The third-order valence-electron chi connectivity index (χ3n) is 1.16. The van der Waals surface area contributed by atoms with Gasteiger partial charge in [0.2, 0.25) is 5.91 Å². The van der Waals surface area contributed by atoms with Crippen molar-refractivity contribution < 1.29 is 9.59 Å². The van der Waals surface area contributed by atoms with E-state index in [1.807, 2.05) is 0 Å². The van der Waals surface area contributed by atoms with Gasteiger partial charge in [0.1, 0.15) is 6.29 Å². The number of thioether (sulfide) groups is 1. The molecule has 1 unspecified atom stereocenters. The number of nitrogens with two attached hydrogens (primary N) is 1. The number of aldehydes is 1. The van der Waals surface area contributed by atoms with Gasteiger partial charge in [0.05, 0.1) is 6.04 Å². The van der Waals surface area contributed by atoms with E-state index in [1.165, 1.54) is 11.8 Å². The van der Waals surface area contributed by atoms with Gasteiger partial charge in [-0.05, 0) is 7.05 Å². The van der Waals surface area contributed by atoms with Crippen molar-refractivity contribution in [2.45, 2.75) is 6.04 Å². The van der Waals surface area contributed by atoms with E-state index in [4.69, 9.17) is 5.73 Å². The molecule has 0 spiro atoms. The topological polar surface area (TPSA) is 72.2 Å². The Morgan fingerprint density at radius 2 is 2.45 bits per heavy atom. The fourth-order valence-corrected chi connectivity index (χ4v) is 1.34. The zero-order valence-corrected chi connectivity index (χ0v) is 7.19. The fourth-order valence-electron chi connectivity index (χ4n) is 0.542. The largest absolute Gasteiger partial charge is 0.368 e. The van der Waals surface area contributed by atoms with Crippen LogP contribution in [0, 0.1) is 0 Å². The summed E-state index contributed by atoms with van der Waals surface area (Å²) in [5, 5.41) is 2.75. The molecule has 0 bridgehead atoms. The predicted molar refractivity (Wildman–Crippen MR) is 45.4 cm³/mol. The first kappa shape index (κ1) is 10.4. The minimum atomic E-state index is -0.383. The molecule has 64 valence electrons. The summed E-state index contributed by atoms with van der Waals surface area (Å²) in [4.78, 5) is 20.5. The Labute approximate surface area is 69.9 Å². The molecule has 4 nitrogen and oxygen atoms in total. The highest BCUT2D eigenvalue weighted by molar-refractivity contribution is 7.99. The Hall–Kier alpha value is -0.550. The number of likely N-dealkylation sites (N-methyl/N-ethyl adjacent to an activating group) is 1. The van der Waals surface area contributed by atoms with E-state index in [9.17, 15) is 9.59 Å². The number of nitrogens with one attached hydrogen (secondary N) is 1. The van der Waals surface area contributed by atoms with Crippen LogP contribution in [0.3, 0.4) is 0 Å². The highest BCUT2D eigenvalue weighted by Gasteiger charge is 2.11. The van der Waals surface area contributed by atoms with E-state index < -0.39 is 0 Å². The van der Waals surface area contributed by atoms with Crippen molar-refractivity contribution in [3.8, 4) is 0 Å². The van der Waals surface area contributed by atoms with Crippen LogP contribution >= 0.6 is 11.8 Å². The van der Waals surface area contributed by atoms with Crippen molar-refractivity contribution in [2.24, 2.45) is 5.73 Å². The number of carbonyl (C=O) groups excluding carboxylic acids is 2. The molecular formula is C6H12N2O2S. The lowest BCUT2D eigenvalue weighted by atomic mass is 10.3. The second-order valence-electron chi connectivity index (χ2n) is 1.95. The first-order chi connectivity index (χ1) is 5.22. The van der Waals surface area contributed by atoms with Gasteiger partial charge in [0, 0.05) is 11.5 Å². The van der Waals surface area contributed by atoms with Crippen LogP contribution in [0.4, 0.5) is 0 Å². The molecule has 0 heterocycles. The van der Waals surface area contributed by atoms with Crippen molar-refractivity contribution in [2.75, 3.05) is 18.6 Å². The summed E-state index contributed by atoms with van der Waals surface area (Å²) in [6.45, 7) is 0. The minimum absolute atomic E-state index is 0.333. The van der Waals surface area contributed by atoms with Crippen molar-refractivity contribution in [3.05, 3.63) is 0 Å². The van der Waals surface area contributed by atoms with Crippen LogP contribution < -0.4 is 11.1 Å². The molecule has 3 N–H and O–H groups in total. The van der Waals surface area contributed by atoms with E-state index in [0.717, 1.165) is 6.29 Å². The zero-order chi connectivity index (χ0) is 8.69. The van der Waals surface area contributed by atoms with Gasteiger partial charge in [-0.3, -0.25) is 4.79 Å². The lowest BCUT2D eigenvalue weighted by Crippen LogP contribution is -2.41. The van der Waals surface area contributed by atoms with Crippen molar-refractivity contribution in [1.29, 1.82) is 0 Å². The zero-order valence-electron chi connectivity index (χ0n) is 6.37. The molecule has 0 aromatic heterocycles. The summed E-state index contributed by atoms with van der Waals surface area (Å²) in [5.74, 6) is 0.571. The summed E-state index contributed by atoms with van der Waals surface area (Å²) in [7, 11) is 1.66. The Morgan fingerprint density at radius 1 is 1.82 bits per heavy atom. The average molecular weight is 176 g/mol. The molecule has 0 radical (unpaired) electrons. The maximum absolute atomic E-state index is 10.6. The number of amides is 1. The smallest absolute Gasteiger partial charge is 0.235 e. The second-order valence-corrected chi connectivity index (χ2v) is 3.02. The van der Waals surface area contributed by atoms with E-state index in [0.29, 0.717) is 11.5 Å². The molecule has 1 amide bonds. The highest BCUT2D eigenvalue weighted by Crippen LogP contribution is 1.99. The lowest BCUT2D eigenvalue weighted by molar-refractivity contribution is -0.119. The lowest BCUT2D eigenvalue weighted by Gasteiger charge is -2.09. The maximum atomic E-state index is 10.6. The molecule has 0 aromatic rings. The fraction of sp³-hybridized carbons (Fsp3) is 0.667. The van der Waals surface area contributed by atoms with Gasteiger partial charge in [-0.1, -0.05) is 0 Å². The highest BCUT2D eigenvalue weighted by atomic mass is 32.2. The van der Waals surface area contributed by atoms with Crippen molar-refractivity contribution in [1.82, 2.24) is 5.32 Å². The van der Waals surface area contributed by atoms with E-state index in [1.54, 1.807) is 7.05 Å². The Bertz CT molecular complexity index is 141. The van der Waals surface area contributed by atoms with Crippen molar-refractivity contribution >= 4 is 24.0 Å². The maximum Gasteiger partial charge on any atom is 0.235 e. The van der Waals surface area contributed by atoms with Gasteiger partial charge in [-0.2, -0.15) is 11.8 Å². The Morgan fingerprint density at radius 3 is 2.82 bits per heavy atom. The van der Waals surface area contributed by atoms with Crippen LogP contribution in [-0.2, 0) is 9.59 Å². The Kier molecular flexibility index (Phi) is 5.87. The summed E-state index contributed by atoms with van der Waals surface area (Å²) in [5.41, 5.74) is 5.03. The molecule has 0 aliphatic rings. The SMILES string of the molecule is CNC(CSCC=O)C(N)=O. The number of hydrogen-bond donors (Lipinski definition) is 2. The molecule has 11 heavy (non-hydrogen) atoms. The molecule has 0 aromatic carbocycles. The van der Waals surface area contributed by atoms with Crippen molar-refractivity contribution in [3.63, 3.8) is 0 Å². The molecule has 0 rings (SSSR count). The monoisotopic (exact) mass is 176 g/mol. The third kappa shape index (κ3) is 4.80. The van der Waals surface area contributed by atoms with Crippen LogP contribution in [0.5, 0.6) is 0 Å². The summed E-state index contributed by atoms with van der Waals surface area (Å²) >= 11 is 1.38. The Balaban J connectivity index is 3.52. The van der Waals surface area contributed by atoms with Crippen LogP contribution in [0.1, 0.15) is 0 Å². The van der Waals surface area contributed by atoms with E-state index in [-0.39, 0.29) is 11.9 Å². The third-order valence-corrected chi connectivity index (χ3v) is 2.10. The molecule has 5 heteroatoms. The van der Waals surface area contributed by atoms with Gasteiger partial charge in [-0.15, -0.1) is 0 Å². The van der Waals surface area contributed by atoms with Gasteiger partial charge in [-0.25, -0.2) is 0 Å². The second kappa shape index (κ2) is 6.18. The molecule has 0 saturated carbocycles. The average Bonchev–Trinajstić information content (AvgIpc) is 1.97. The predicted octanol–water partition coefficient (Wildman–Crippen LogP) is -1.01. The number of rotatable bonds is 6. The quantitative estimate of drug-likeness (QED) is 0.402. The molecule has 0 fully saturated rings. The molecule has 0 aliphatic heterocycles. The number of primary amides is 1. The first-order valence-corrected chi connectivity index (χ1v) is 4.35. The molecular weight excluding hydrogens is 164 g/mol. The first-order valence-electron chi connectivity index (χ1n) is 3.20. The van der Waals surface area contributed by atoms with Gasteiger partial charge in [0.15, 0.2) is 0 Å². The van der Waals surface area contributed by atoms with E-state index >= 15 is 0 Å². The van der Waals surface area contributed by atoms with Gasteiger partial charge >= 0.3 is 0 Å². The molecule has 0 aliphatic carbocycles. The number of carbonyl (C=O) groups is 2. The van der Waals surface area contributed by atoms with Gasteiger partial charge in [0.25, 0.3) is 0 Å². The van der Waals surface area contributed by atoms with Gasteiger partial charge < -0.3 is 15.8 Å². The summed E-state index contributed by atoms with van der Waals surface area (Å²) in [6.07, 6.45) is 0.804. The van der Waals surface area contributed by atoms with Crippen LogP contribution in [0.25, 0.3) is 0 Å². The molecule has 0 saturated heterocycles. The van der Waals surface area contributed by atoms with Crippen LogP contribution in [0.2, 0.25) is 0 Å². The molecule has 1 atom stereocenters. The normalized spacial score (nSPS) is 12.5. The van der Waals surface area contributed by atoms with Crippen LogP contribution in [0.15, 0.2) is 0 Å². The van der Waals surface area contributed by atoms with E-state index in [2.05, 4.69) is 5.32 Å². The van der Waals surface area contributed by atoms with Crippen LogP contribution in [-0.4, -0.2) is 36.8 Å². The minimum Gasteiger partial charge on any atom is -0.368 e.